The van der Waals surface area contributed by atoms with Crippen LogP contribution in [0.15, 0.2) is 24.3 Å². The summed E-state index contributed by atoms with van der Waals surface area (Å²) < 4.78 is 40.4. The first-order chi connectivity index (χ1) is 10.3. The topological polar surface area (TPSA) is 57.7 Å². The highest BCUT2D eigenvalue weighted by Crippen LogP contribution is 2.27. The van der Waals surface area contributed by atoms with Crippen molar-refractivity contribution in [3.8, 4) is 0 Å². The largest absolute Gasteiger partial charge is 0.282 e. The Bertz CT molecular complexity index is 700. The van der Waals surface area contributed by atoms with Gasteiger partial charge >= 0.3 is 0 Å². The predicted molar refractivity (Wildman–Crippen MR) is 88.1 cm³/mol. The van der Waals surface area contributed by atoms with E-state index in [1.54, 1.807) is 4.31 Å². The Balaban J connectivity index is 1.81. The highest BCUT2D eigenvalue weighted by Gasteiger charge is 2.41. The van der Waals surface area contributed by atoms with Gasteiger partial charge in [0.15, 0.2) is 0 Å². The SMILES string of the molecule is CC1(C)CN(S(=O)(=O)N2CCc3ccccc3C2)CC[S@]1=O. The average molecular weight is 342 g/mol. The fourth-order valence-corrected chi connectivity index (χ4v) is 6.26. The van der Waals surface area contributed by atoms with Crippen molar-refractivity contribution in [2.75, 3.05) is 25.4 Å². The van der Waals surface area contributed by atoms with Crippen molar-refractivity contribution in [2.24, 2.45) is 0 Å². The summed E-state index contributed by atoms with van der Waals surface area (Å²) in [6, 6.07) is 7.99. The standard InChI is InChI=1S/C15H22N2O3S2/c1-15(2)12-17(9-10-21(15)18)22(19,20)16-8-7-13-5-3-4-6-14(13)11-16/h3-6H,7-12H2,1-2H3/t21-/m1/s1. The molecule has 0 aromatic heterocycles. The van der Waals surface area contributed by atoms with Crippen LogP contribution in [0, 0.1) is 0 Å². The lowest BCUT2D eigenvalue weighted by Crippen LogP contribution is -2.56. The molecule has 7 heteroatoms. The molecule has 2 aliphatic rings. The number of benzene rings is 1. The Hall–Kier alpha value is -0.760. The van der Waals surface area contributed by atoms with Gasteiger partial charge in [0, 0.05) is 42.7 Å². The molecule has 0 radical (unpaired) electrons. The summed E-state index contributed by atoms with van der Waals surface area (Å²) in [5.41, 5.74) is 2.31. The minimum Gasteiger partial charge on any atom is -0.259 e. The Kier molecular flexibility index (Phi) is 4.18. The molecule has 0 amide bonds. The Morgan fingerprint density at radius 3 is 2.45 bits per heavy atom. The van der Waals surface area contributed by atoms with Crippen molar-refractivity contribution >= 4 is 21.0 Å². The summed E-state index contributed by atoms with van der Waals surface area (Å²) in [5.74, 6) is 0.413. The Labute approximate surface area is 134 Å². The zero-order valence-electron chi connectivity index (χ0n) is 13.0. The second kappa shape index (κ2) is 5.70. The van der Waals surface area contributed by atoms with Gasteiger partial charge in [0.2, 0.25) is 0 Å². The monoisotopic (exact) mass is 342 g/mol. The third-order valence-corrected chi connectivity index (χ3v) is 8.29. The van der Waals surface area contributed by atoms with E-state index < -0.39 is 25.8 Å². The van der Waals surface area contributed by atoms with Crippen LogP contribution in [0.1, 0.15) is 25.0 Å². The van der Waals surface area contributed by atoms with Gasteiger partial charge < -0.3 is 0 Å². The minimum absolute atomic E-state index is 0.320. The maximum Gasteiger partial charge on any atom is 0.282 e. The van der Waals surface area contributed by atoms with Crippen molar-refractivity contribution in [1.29, 1.82) is 0 Å². The van der Waals surface area contributed by atoms with Crippen molar-refractivity contribution in [2.45, 2.75) is 31.6 Å². The van der Waals surface area contributed by atoms with Gasteiger partial charge in [0.25, 0.3) is 10.2 Å². The van der Waals surface area contributed by atoms with Gasteiger partial charge in [-0.1, -0.05) is 24.3 Å². The van der Waals surface area contributed by atoms with Crippen molar-refractivity contribution in [3.63, 3.8) is 0 Å². The first-order valence-corrected chi connectivity index (χ1v) is 10.2. The highest BCUT2D eigenvalue weighted by molar-refractivity contribution is 7.88. The molecule has 1 saturated heterocycles. The van der Waals surface area contributed by atoms with Crippen LogP contribution in [0.25, 0.3) is 0 Å². The van der Waals surface area contributed by atoms with Crippen LogP contribution >= 0.6 is 0 Å². The van der Waals surface area contributed by atoms with Gasteiger partial charge in [0.1, 0.15) is 0 Å². The summed E-state index contributed by atoms with van der Waals surface area (Å²) in [4.78, 5) is 0. The molecule has 1 atom stereocenters. The maximum atomic E-state index is 12.9. The molecule has 1 aromatic carbocycles. The summed E-state index contributed by atoms with van der Waals surface area (Å²) in [7, 11) is -4.46. The molecule has 3 rings (SSSR count). The number of rotatable bonds is 2. The molecule has 0 unspecified atom stereocenters. The van der Waals surface area contributed by atoms with Gasteiger partial charge in [-0.25, -0.2) is 0 Å². The normalized spacial score (nSPS) is 26.5. The van der Waals surface area contributed by atoms with E-state index >= 15 is 0 Å². The second-order valence-corrected chi connectivity index (χ2v) is 10.6. The van der Waals surface area contributed by atoms with E-state index in [4.69, 9.17) is 0 Å². The molecule has 1 fully saturated rings. The summed E-state index contributed by atoms with van der Waals surface area (Å²) >= 11 is 0. The van der Waals surface area contributed by atoms with Crippen molar-refractivity contribution in [1.82, 2.24) is 8.61 Å². The van der Waals surface area contributed by atoms with Crippen LogP contribution in [0.2, 0.25) is 0 Å². The molecule has 0 saturated carbocycles. The molecular formula is C15H22N2O3S2. The highest BCUT2D eigenvalue weighted by atomic mass is 32.2. The van der Waals surface area contributed by atoms with E-state index in [0.717, 1.165) is 12.0 Å². The van der Waals surface area contributed by atoms with Crippen LogP contribution in [-0.4, -0.2) is 51.4 Å². The van der Waals surface area contributed by atoms with Crippen LogP contribution in [0.5, 0.6) is 0 Å². The van der Waals surface area contributed by atoms with Crippen LogP contribution in [0.4, 0.5) is 0 Å². The molecular weight excluding hydrogens is 320 g/mol. The fraction of sp³-hybridized carbons (Fsp3) is 0.600. The molecule has 0 aliphatic carbocycles. The summed E-state index contributed by atoms with van der Waals surface area (Å²) in [5, 5.41) is 0. The van der Waals surface area contributed by atoms with Crippen LogP contribution < -0.4 is 0 Å². The van der Waals surface area contributed by atoms with E-state index in [1.807, 2.05) is 32.0 Å². The smallest absolute Gasteiger partial charge is 0.259 e. The lowest BCUT2D eigenvalue weighted by Gasteiger charge is -2.39. The molecule has 2 aliphatic heterocycles. The van der Waals surface area contributed by atoms with E-state index in [0.29, 0.717) is 31.9 Å². The first-order valence-electron chi connectivity index (χ1n) is 7.51. The predicted octanol–water partition coefficient (Wildman–Crippen LogP) is 1.13. The quantitative estimate of drug-likeness (QED) is 0.810. The second-order valence-electron chi connectivity index (χ2n) is 6.50. The van der Waals surface area contributed by atoms with Gasteiger partial charge in [0.05, 0.1) is 4.75 Å². The molecule has 0 N–H and O–H groups in total. The molecule has 122 valence electrons. The van der Waals surface area contributed by atoms with E-state index in [9.17, 15) is 12.6 Å². The van der Waals surface area contributed by atoms with E-state index in [1.165, 1.54) is 9.87 Å². The lowest BCUT2D eigenvalue weighted by molar-refractivity contribution is 0.312. The number of hydrogen-bond acceptors (Lipinski definition) is 3. The third-order valence-electron chi connectivity index (χ3n) is 4.45. The molecule has 5 nitrogen and oxygen atoms in total. The molecule has 0 spiro atoms. The first kappa shape index (κ1) is 16.1. The molecule has 2 heterocycles. The lowest BCUT2D eigenvalue weighted by atomic mass is 10.0. The summed E-state index contributed by atoms with van der Waals surface area (Å²) in [6.07, 6.45) is 0.749. The number of hydrogen-bond donors (Lipinski definition) is 0. The van der Waals surface area contributed by atoms with Crippen molar-refractivity contribution in [3.05, 3.63) is 35.4 Å². The van der Waals surface area contributed by atoms with Gasteiger partial charge in [-0.2, -0.15) is 17.0 Å². The van der Waals surface area contributed by atoms with E-state index in [-0.39, 0.29) is 0 Å². The van der Waals surface area contributed by atoms with Gasteiger partial charge in [-0.15, -0.1) is 0 Å². The Morgan fingerprint density at radius 2 is 1.77 bits per heavy atom. The summed E-state index contributed by atoms with van der Waals surface area (Å²) in [6.45, 7) is 5.35. The van der Waals surface area contributed by atoms with Gasteiger partial charge in [-0.05, 0) is 31.4 Å². The molecule has 22 heavy (non-hydrogen) atoms. The van der Waals surface area contributed by atoms with Crippen LogP contribution in [0.3, 0.4) is 0 Å². The molecule has 0 bridgehead atoms. The number of fused-ring (bicyclic) bond motifs is 1. The number of nitrogens with zero attached hydrogens (tertiary/aromatic N) is 2. The zero-order chi connectivity index (χ0) is 16.0. The molecule has 1 aromatic rings. The van der Waals surface area contributed by atoms with Gasteiger partial charge in [-0.3, -0.25) is 4.21 Å². The average Bonchev–Trinajstić information content (AvgIpc) is 2.49. The third kappa shape index (κ3) is 2.87. The Morgan fingerprint density at radius 1 is 1.09 bits per heavy atom. The van der Waals surface area contributed by atoms with Crippen molar-refractivity contribution < 1.29 is 12.6 Å². The minimum atomic E-state index is -3.49. The van der Waals surface area contributed by atoms with E-state index in [2.05, 4.69) is 6.07 Å². The maximum absolute atomic E-state index is 12.9. The fourth-order valence-electron chi connectivity index (χ4n) is 3.06. The van der Waals surface area contributed by atoms with Crippen LogP contribution in [-0.2, 0) is 34.0 Å². The zero-order valence-corrected chi connectivity index (χ0v) is 14.6.